The van der Waals surface area contributed by atoms with Crippen molar-refractivity contribution in [1.82, 2.24) is 15.1 Å². The first-order valence-corrected chi connectivity index (χ1v) is 13.4. The van der Waals surface area contributed by atoms with Gasteiger partial charge in [-0.05, 0) is 55.4 Å². The van der Waals surface area contributed by atoms with Gasteiger partial charge in [-0.1, -0.05) is 42.5 Å². The minimum absolute atomic E-state index is 0.0185. The number of hydrogen-bond donors (Lipinski definition) is 4. The Labute approximate surface area is 227 Å². The van der Waals surface area contributed by atoms with Gasteiger partial charge in [0.1, 0.15) is 23.9 Å². The number of aliphatic carboxylic acids is 1. The highest BCUT2D eigenvalue weighted by Gasteiger charge is 2.43. The number of phenols is 1. The van der Waals surface area contributed by atoms with Gasteiger partial charge in [-0.2, -0.15) is 0 Å². The predicted octanol–water partition coefficient (Wildman–Crippen LogP) is 1.45. The maximum Gasteiger partial charge on any atom is 0.326 e. The number of rotatable bonds is 10. The number of nitrogens with two attached hydrogens (primary N) is 1. The minimum atomic E-state index is -1.04. The summed E-state index contributed by atoms with van der Waals surface area (Å²) in [7, 11) is 0. The first-order valence-electron chi connectivity index (χ1n) is 13.4. The van der Waals surface area contributed by atoms with Crippen LogP contribution in [0.25, 0.3) is 0 Å². The van der Waals surface area contributed by atoms with E-state index in [0.29, 0.717) is 45.2 Å². The average molecular weight is 537 g/mol. The van der Waals surface area contributed by atoms with Crippen LogP contribution in [-0.2, 0) is 32.0 Å². The highest BCUT2D eigenvalue weighted by molar-refractivity contribution is 5.94. The molecule has 0 aliphatic carbocycles. The molecule has 4 rings (SSSR count). The van der Waals surface area contributed by atoms with Crippen LogP contribution in [0, 0.1) is 0 Å². The zero-order chi connectivity index (χ0) is 27.9. The lowest BCUT2D eigenvalue weighted by Gasteiger charge is -2.32. The van der Waals surface area contributed by atoms with E-state index >= 15 is 0 Å². The number of nitrogens with zero attached hydrogens (tertiary/aromatic N) is 2. The quantitative estimate of drug-likeness (QED) is 0.358. The molecular formula is C29H36N4O6. The lowest BCUT2D eigenvalue weighted by Crippen LogP contribution is -2.56. The molecule has 0 spiro atoms. The number of carboxylic acid groups (broad SMARTS) is 1. The van der Waals surface area contributed by atoms with Crippen LogP contribution >= 0.6 is 0 Å². The van der Waals surface area contributed by atoms with Crippen molar-refractivity contribution in [3.63, 3.8) is 0 Å². The van der Waals surface area contributed by atoms with Crippen LogP contribution in [0.4, 0.5) is 0 Å². The lowest BCUT2D eigenvalue weighted by atomic mass is 10.0. The van der Waals surface area contributed by atoms with E-state index in [0.717, 1.165) is 11.1 Å². The molecule has 0 aromatic heterocycles. The number of benzene rings is 2. The number of carbonyl (C=O) groups excluding carboxylic acids is 3. The van der Waals surface area contributed by atoms with Crippen molar-refractivity contribution >= 4 is 23.7 Å². The molecule has 5 N–H and O–H groups in total. The number of carboxylic acids is 1. The van der Waals surface area contributed by atoms with Gasteiger partial charge in [-0.15, -0.1) is 0 Å². The third-order valence-electron chi connectivity index (χ3n) is 7.44. The maximum absolute atomic E-state index is 13.8. The second-order valence-corrected chi connectivity index (χ2v) is 10.4. The average Bonchev–Trinajstić information content (AvgIpc) is 3.60. The van der Waals surface area contributed by atoms with E-state index in [1.165, 1.54) is 21.9 Å². The second-order valence-electron chi connectivity index (χ2n) is 10.4. The molecule has 4 atom stereocenters. The van der Waals surface area contributed by atoms with E-state index in [4.69, 9.17) is 5.73 Å². The molecule has 0 bridgehead atoms. The van der Waals surface area contributed by atoms with E-state index in [-0.39, 0.29) is 30.4 Å². The smallest absolute Gasteiger partial charge is 0.326 e. The summed E-state index contributed by atoms with van der Waals surface area (Å²) in [6, 6.07) is 12.9. The Hall–Kier alpha value is -3.92. The molecule has 4 unspecified atom stereocenters. The summed E-state index contributed by atoms with van der Waals surface area (Å²) >= 11 is 0. The zero-order valence-electron chi connectivity index (χ0n) is 21.9. The van der Waals surface area contributed by atoms with Crippen LogP contribution in [0.5, 0.6) is 5.75 Å². The fourth-order valence-corrected chi connectivity index (χ4v) is 5.51. The van der Waals surface area contributed by atoms with Gasteiger partial charge in [0.05, 0.1) is 0 Å². The van der Waals surface area contributed by atoms with Crippen molar-refractivity contribution in [2.24, 2.45) is 5.73 Å². The Balaban J connectivity index is 1.48. The van der Waals surface area contributed by atoms with Crippen molar-refractivity contribution in [2.45, 2.75) is 69.1 Å². The minimum Gasteiger partial charge on any atom is -0.508 e. The van der Waals surface area contributed by atoms with Gasteiger partial charge < -0.3 is 31.1 Å². The van der Waals surface area contributed by atoms with Gasteiger partial charge in [0, 0.05) is 32.0 Å². The van der Waals surface area contributed by atoms with Crippen LogP contribution in [-0.4, -0.2) is 81.0 Å². The molecule has 10 heteroatoms. The van der Waals surface area contributed by atoms with Gasteiger partial charge in [0.25, 0.3) is 0 Å². The first-order chi connectivity index (χ1) is 18.7. The molecule has 2 heterocycles. The molecule has 208 valence electrons. The summed E-state index contributed by atoms with van der Waals surface area (Å²) in [4.78, 5) is 54.7. The number of hydrogen-bond acceptors (Lipinski definition) is 6. The second kappa shape index (κ2) is 12.8. The molecule has 3 amide bonds. The van der Waals surface area contributed by atoms with Crippen molar-refractivity contribution in [1.29, 1.82) is 0 Å². The van der Waals surface area contributed by atoms with Crippen molar-refractivity contribution < 1.29 is 29.4 Å². The number of likely N-dealkylation sites (tertiary alicyclic amines) is 2. The maximum atomic E-state index is 13.8. The third kappa shape index (κ3) is 7.14. The summed E-state index contributed by atoms with van der Waals surface area (Å²) in [5, 5.41) is 22.0. The molecule has 0 radical (unpaired) electrons. The molecule has 2 fully saturated rings. The van der Waals surface area contributed by atoms with E-state index in [9.17, 15) is 29.4 Å². The largest absolute Gasteiger partial charge is 0.508 e. The molecule has 2 saturated heterocycles. The monoisotopic (exact) mass is 536 g/mol. The van der Waals surface area contributed by atoms with Gasteiger partial charge >= 0.3 is 5.97 Å². The lowest BCUT2D eigenvalue weighted by molar-refractivity contribution is -0.152. The molecule has 10 nitrogen and oxygen atoms in total. The summed E-state index contributed by atoms with van der Waals surface area (Å²) in [6.07, 6.45) is 2.73. The molecule has 2 aromatic rings. The Morgan fingerprint density at radius 2 is 1.49 bits per heavy atom. The molecule has 39 heavy (non-hydrogen) atoms. The Morgan fingerprint density at radius 1 is 0.872 bits per heavy atom. The summed E-state index contributed by atoms with van der Waals surface area (Å²) in [5.41, 5.74) is 7.97. The SMILES string of the molecule is NC(CC(=O)NC(Cc1ccc(O)cc1)C(=O)N1CCCC1C(=O)N1CCCC1C(=O)O)Cc1ccccc1. The number of aromatic hydroxyl groups is 1. The van der Waals surface area contributed by atoms with Crippen LogP contribution in [0.3, 0.4) is 0 Å². The molecule has 2 aromatic carbocycles. The van der Waals surface area contributed by atoms with E-state index in [1.807, 2.05) is 30.3 Å². The van der Waals surface area contributed by atoms with E-state index < -0.39 is 36.0 Å². The molecule has 2 aliphatic rings. The summed E-state index contributed by atoms with van der Waals surface area (Å²) in [5.74, 6) is -2.08. The summed E-state index contributed by atoms with van der Waals surface area (Å²) < 4.78 is 0. The Kier molecular flexibility index (Phi) is 9.19. The van der Waals surface area contributed by atoms with Crippen LogP contribution < -0.4 is 11.1 Å². The fraction of sp³-hybridized carbons (Fsp3) is 0.448. The summed E-state index contributed by atoms with van der Waals surface area (Å²) in [6.45, 7) is 0.692. The van der Waals surface area contributed by atoms with Crippen LogP contribution in [0.1, 0.15) is 43.2 Å². The highest BCUT2D eigenvalue weighted by atomic mass is 16.4. The highest BCUT2D eigenvalue weighted by Crippen LogP contribution is 2.26. The standard InChI is InChI=1S/C29H36N4O6/c30-21(16-19-6-2-1-3-7-19)18-26(35)31-23(17-20-10-12-22(34)13-11-20)27(36)32-14-4-8-24(32)28(37)33-15-5-9-25(33)29(38)39/h1-3,6-7,10-13,21,23-25,34H,4-5,8-9,14-18,30H2,(H,31,35)(H,38,39). The Bertz CT molecular complexity index is 1170. The molecule has 2 aliphatic heterocycles. The third-order valence-corrected chi connectivity index (χ3v) is 7.44. The van der Waals surface area contributed by atoms with Crippen molar-refractivity contribution in [2.75, 3.05) is 13.1 Å². The van der Waals surface area contributed by atoms with E-state index in [1.54, 1.807) is 12.1 Å². The topological polar surface area (TPSA) is 153 Å². The van der Waals surface area contributed by atoms with Crippen molar-refractivity contribution in [3.8, 4) is 5.75 Å². The van der Waals surface area contributed by atoms with Crippen molar-refractivity contribution in [3.05, 3.63) is 65.7 Å². The first kappa shape index (κ1) is 28.1. The number of amides is 3. The molecular weight excluding hydrogens is 500 g/mol. The molecule has 0 saturated carbocycles. The van der Waals surface area contributed by atoms with Gasteiger partial charge in [0.15, 0.2) is 0 Å². The van der Waals surface area contributed by atoms with Crippen LogP contribution in [0.15, 0.2) is 54.6 Å². The Morgan fingerprint density at radius 3 is 2.15 bits per heavy atom. The van der Waals surface area contributed by atoms with Crippen LogP contribution in [0.2, 0.25) is 0 Å². The number of nitrogens with one attached hydrogen (secondary N) is 1. The number of phenolic OH excluding ortho intramolecular Hbond substituents is 1. The number of carbonyl (C=O) groups is 4. The van der Waals surface area contributed by atoms with Gasteiger partial charge in [-0.25, -0.2) is 4.79 Å². The van der Waals surface area contributed by atoms with E-state index in [2.05, 4.69) is 5.32 Å². The van der Waals surface area contributed by atoms with Gasteiger partial charge in [0.2, 0.25) is 17.7 Å². The normalized spacial score (nSPS) is 20.4. The van der Waals surface area contributed by atoms with Gasteiger partial charge in [-0.3, -0.25) is 14.4 Å². The zero-order valence-corrected chi connectivity index (χ0v) is 21.9. The predicted molar refractivity (Wildman–Crippen MR) is 144 cm³/mol. The fourth-order valence-electron chi connectivity index (χ4n) is 5.51.